The first-order valence-electron chi connectivity index (χ1n) is 9.98. The summed E-state index contributed by atoms with van der Waals surface area (Å²) in [6.07, 6.45) is 2.70. The summed E-state index contributed by atoms with van der Waals surface area (Å²) in [6.45, 7) is 1.23. The zero-order chi connectivity index (χ0) is 20.9. The number of nitrogens with zero attached hydrogens (tertiary/aromatic N) is 1. The lowest BCUT2D eigenvalue weighted by Gasteiger charge is -2.31. The Morgan fingerprint density at radius 3 is 2.40 bits per heavy atom. The van der Waals surface area contributed by atoms with Crippen molar-refractivity contribution in [1.29, 1.82) is 0 Å². The number of carbonyl (C=O) groups is 2. The Bertz CT molecular complexity index is 1000. The predicted octanol–water partition coefficient (Wildman–Crippen LogP) is 4.30. The molecule has 1 fully saturated rings. The average Bonchev–Trinajstić information content (AvgIpc) is 3.27. The van der Waals surface area contributed by atoms with Gasteiger partial charge in [-0.2, -0.15) is 0 Å². The van der Waals surface area contributed by atoms with Gasteiger partial charge in [-0.3, -0.25) is 9.59 Å². The number of benzene rings is 2. The maximum atomic E-state index is 12.9. The minimum Gasteiger partial charge on any atom is -0.508 e. The van der Waals surface area contributed by atoms with Crippen LogP contribution in [-0.2, 0) is 6.61 Å². The molecule has 2 aromatic carbocycles. The number of amides is 1. The molecule has 2 heterocycles. The summed E-state index contributed by atoms with van der Waals surface area (Å²) in [7, 11) is 0. The third-order valence-corrected chi connectivity index (χ3v) is 5.38. The second kappa shape index (κ2) is 8.86. The maximum Gasteiger partial charge on any atom is 0.289 e. The van der Waals surface area contributed by atoms with E-state index in [1.807, 2.05) is 30.3 Å². The summed E-state index contributed by atoms with van der Waals surface area (Å²) in [6, 6.07) is 17.5. The number of furan rings is 1. The highest BCUT2D eigenvalue weighted by atomic mass is 16.5. The summed E-state index contributed by atoms with van der Waals surface area (Å²) in [5.74, 6) is 0.896. The lowest BCUT2D eigenvalue weighted by molar-refractivity contribution is 0.0621. The van der Waals surface area contributed by atoms with Gasteiger partial charge in [0, 0.05) is 30.1 Å². The van der Waals surface area contributed by atoms with E-state index in [1.165, 1.54) is 18.4 Å². The second-order valence-electron chi connectivity index (χ2n) is 7.35. The van der Waals surface area contributed by atoms with E-state index in [0.29, 0.717) is 37.1 Å². The number of likely N-dealkylation sites (tertiary alicyclic amines) is 1. The first-order valence-corrected chi connectivity index (χ1v) is 9.98. The van der Waals surface area contributed by atoms with E-state index in [-0.39, 0.29) is 35.7 Å². The van der Waals surface area contributed by atoms with Crippen LogP contribution in [0.25, 0.3) is 0 Å². The summed E-state index contributed by atoms with van der Waals surface area (Å²) in [4.78, 5) is 27.3. The molecule has 6 heteroatoms. The standard InChI is InChI=1S/C24H23NO5/c26-20-8-6-17(7-9-20)22(27)18-10-13-25(14-11-18)24(28)23-19(12-15-29-23)16-30-21-4-2-1-3-5-21/h1-9,12,15,18,26H,10-11,13-14,16H2. The summed E-state index contributed by atoms with van der Waals surface area (Å²) in [5, 5.41) is 9.39. The number of para-hydroxylation sites is 1. The van der Waals surface area contributed by atoms with Gasteiger partial charge < -0.3 is 19.2 Å². The highest BCUT2D eigenvalue weighted by Gasteiger charge is 2.30. The Kier molecular flexibility index (Phi) is 5.84. The summed E-state index contributed by atoms with van der Waals surface area (Å²) in [5.41, 5.74) is 1.29. The van der Waals surface area contributed by atoms with E-state index in [9.17, 15) is 14.7 Å². The topological polar surface area (TPSA) is 80.0 Å². The van der Waals surface area contributed by atoms with Crippen molar-refractivity contribution in [2.75, 3.05) is 13.1 Å². The lowest BCUT2D eigenvalue weighted by Crippen LogP contribution is -2.40. The van der Waals surface area contributed by atoms with Crippen LogP contribution in [-0.4, -0.2) is 34.8 Å². The number of ether oxygens (including phenoxy) is 1. The van der Waals surface area contributed by atoms with Gasteiger partial charge >= 0.3 is 0 Å². The van der Waals surface area contributed by atoms with Gasteiger partial charge in [0.2, 0.25) is 0 Å². The predicted molar refractivity (Wildman–Crippen MR) is 111 cm³/mol. The fraction of sp³-hybridized carbons (Fsp3) is 0.250. The van der Waals surface area contributed by atoms with Crippen molar-refractivity contribution in [2.24, 2.45) is 5.92 Å². The van der Waals surface area contributed by atoms with Crippen molar-refractivity contribution in [3.63, 3.8) is 0 Å². The van der Waals surface area contributed by atoms with E-state index in [2.05, 4.69) is 0 Å². The fourth-order valence-electron chi connectivity index (χ4n) is 3.66. The zero-order valence-electron chi connectivity index (χ0n) is 16.5. The van der Waals surface area contributed by atoms with Gasteiger partial charge in [0.05, 0.1) is 6.26 Å². The first kappa shape index (κ1) is 19.8. The van der Waals surface area contributed by atoms with Crippen molar-refractivity contribution in [2.45, 2.75) is 19.4 Å². The van der Waals surface area contributed by atoms with Gasteiger partial charge in [-0.25, -0.2) is 0 Å². The molecule has 1 amide bonds. The molecule has 0 aliphatic carbocycles. The molecular formula is C24H23NO5. The third-order valence-electron chi connectivity index (χ3n) is 5.38. The molecule has 1 N–H and O–H groups in total. The number of piperidine rings is 1. The molecule has 0 spiro atoms. The van der Waals surface area contributed by atoms with E-state index in [0.717, 1.165) is 5.75 Å². The lowest BCUT2D eigenvalue weighted by atomic mass is 9.88. The highest BCUT2D eigenvalue weighted by molar-refractivity contribution is 5.98. The molecule has 6 nitrogen and oxygen atoms in total. The van der Waals surface area contributed by atoms with Gasteiger partial charge in [-0.1, -0.05) is 18.2 Å². The molecule has 1 aliphatic rings. The largest absolute Gasteiger partial charge is 0.508 e. The van der Waals surface area contributed by atoms with Gasteiger partial charge in [0.15, 0.2) is 11.5 Å². The van der Waals surface area contributed by atoms with Crippen LogP contribution in [0.15, 0.2) is 71.3 Å². The molecule has 1 aromatic heterocycles. The van der Waals surface area contributed by atoms with Crippen LogP contribution < -0.4 is 4.74 Å². The molecule has 0 radical (unpaired) electrons. The van der Waals surface area contributed by atoms with Crippen LogP contribution in [0.5, 0.6) is 11.5 Å². The van der Waals surface area contributed by atoms with Crippen LogP contribution in [0, 0.1) is 5.92 Å². The molecular weight excluding hydrogens is 382 g/mol. The molecule has 1 saturated heterocycles. The van der Waals surface area contributed by atoms with Gasteiger partial charge in [0.1, 0.15) is 18.1 Å². The van der Waals surface area contributed by atoms with Crippen molar-refractivity contribution in [3.8, 4) is 11.5 Å². The number of hydrogen-bond donors (Lipinski definition) is 1. The zero-order valence-corrected chi connectivity index (χ0v) is 16.5. The first-order chi connectivity index (χ1) is 14.6. The fourth-order valence-corrected chi connectivity index (χ4v) is 3.66. The minimum absolute atomic E-state index is 0.0528. The van der Waals surface area contributed by atoms with Crippen molar-refractivity contribution in [3.05, 3.63) is 83.8 Å². The molecule has 154 valence electrons. The van der Waals surface area contributed by atoms with E-state index in [4.69, 9.17) is 9.15 Å². The minimum atomic E-state index is -0.179. The van der Waals surface area contributed by atoms with Gasteiger partial charge in [-0.05, 0) is 55.3 Å². The van der Waals surface area contributed by atoms with Crippen LogP contribution >= 0.6 is 0 Å². The highest BCUT2D eigenvalue weighted by Crippen LogP contribution is 2.25. The third kappa shape index (κ3) is 4.38. The summed E-state index contributed by atoms with van der Waals surface area (Å²) >= 11 is 0. The van der Waals surface area contributed by atoms with Gasteiger partial charge in [-0.15, -0.1) is 0 Å². The van der Waals surface area contributed by atoms with Crippen LogP contribution in [0.4, 0.5) is 0 Å². The second-order valence-corrected chi connectivity index (χ2v) is 7.35. The molecule has 1 aliphatic heterocycles. The van der Waals surface area contributed by atoms with Crippen LogP contribution in [0.3, 0.4) is 0 Å². The van der Waals surface area contributed by atoms with Crippen LogP contribution in [0.1, 0.15) is 39.3 Å². The molecule has 4 rings (SSSR count). The van der Waals surface area contributed by atoms with E-state index in [1.54, 1.807) is 23.1 Å². The number of carbonyl (C=O) groups excluding carboxylic acids is 2. The number of Topliss-reactive ketones (excluding diaryl/α,β-unsaturated/α-hetero) is 1. The van der Waals surface area contributed by atoms with Crippen LogP contribution in [0.2, 0.25) is 0 Å². The maximum absolute atomic E-state index is 12.9. The molecule has 30 heavy (non-hydrogen) atoms. The monoisotopic (exact) mass is 405 g/mol. The molecule has 0 saturated carbocycles. The Morgan fingerprint density at radius 2 is 1.70 bits per heavy atom. The van der Waals surface area contributed by atoms with Crippen molar-refractivity contribution < 1.29 is 23.8 Å². The SMILES string of the molecule is O=C(c1ccc(O)cc1)C1CCN(C(=O)c2occc2COc2ccccc2)CC1. The molecule has 0 bridgehead atoms. The number of rotatable bonds is 6. The smallest absolute Gasteiger partial charge is 0.289 e. The molecule has 0 unspecified atom stereocenters. The Hall–Kier alpha value is -3.54. The molecule has 0 atom stereocenters. The Balaban J connectivity index is 1.35. The number of ketones is 1. The number of aromatic hydroxyl groups is 1. The number of phenolic OH excluding ortho intramolecular Hbond substituents is 1. The number of phenols is 1. The molecule has 3 aromatic rings. The average molecular weight is 405 g/mol. The van der Waals surface area contributed by atoms with Gasteiger partial charge in [0.25, 0.3) is 5.91 Å². The Labute approximate surface area is 174 Å². The normalized spacial score (nSPS) is 14.5. The quantitative estimate of drug-likeness (QED) is 0.619. The van der Waals surface area contributed by atoms with E-state index >= 15 is 0 Å². The number of hydrogen-bond acceptors (Lipinski definition) is 5. The van der Waals surface area contributed by atoms with Crippen molar-refractivity contribution >= 4 is 11.7 Å². The van der Waals surface area contributed by atoms with Crippen molar-refractivity contribution in [1.82, 2.24) is 4.90 Å². The summed E-state index contributed by atoms with van der Waals surface area (Å²) < 4.78 is 11.2. The Morgan fingerprint density at radius 1 is 1.00 bits per heavy atom. The van der Waals surface area contributed by atoms with E-state index < -0.39 is 0 Å².